The molecule has 0 bridgehead atoms. The summed E-state index contributed by atoms with van der Waals surface area (Å²) < 4.78 is 0. The molecule has 0 aromatic carbocycles. The Balaban J connectivity index is 3.50. The zero-order valence-corrected chi connectivity index (χ0v) is 40.8. The third-order valence-electron chi connectivity index (χ3n) is 12.4. The molecular formula is C56H105NO4. The zero-order valence-electron chi connectivity index (χ0n) is 40.8. The number of hydrogen-bond donors (Lipinski definition) is 4. The van der Waals surface area contributed by atoms with Crippen LogP contribution in [0.3, 0.4) is 0 Å². The fraction of sp³-hybridized carbons (Fsp3) is 0.839. The van der Waals surface area contributed by atoms with Crippen LogP contribution in [0.1, 0.15) is 277 Å². The summed E-state index contributed by atoms with van der Waals surface area (Å²) in [4.78, 5) is 12.5. The quantitative estimate of drug-likeness (QED) is 0.0362. The number of nitrogens with one attached hydrogen (secondary N) is 1. The molecule has 0 saturated heterocycles. The minimum absolute atomic E-state index is 0.376. The Morgan fingerprint density at radius 3 is 1.10 bits per heavy atom. The van der Waals surface area contributed by atoms with E-state index in [-0.39, 0.29) is 6.61 Å². The van der Waals surface area contributed by atoms with Crippen LogP contribution in [-0.2, 0) is 4.79 Å². The number of hydrogen-bond acceptors (Lipinski definition) is 4. The number of allylic oxidation sites excluding steroid dienone is 7. The molecule has 358 valence electrons. The number of carbonyl (C=O) groups is 1. The number of aliphatic hydroxyl groups is 3. The standard InChI is InChI=1S/C56H105NO4/c1-3-5-7-9-11-13-15-16-17-18-19-20-21-22-23-24-25-26-27-28-29-30-31-32-33-34-35-36-37-38-39-41-43-45-47-49-51-55(60)56(61)57-53(52-58)54(59)50-48-46-44-42-40-14-12-10-8-6-4-2/h23-24,26-27,40,42,48,50,53-55,58-60H,3-22,25,28-39,41,43-47,49,51-52H2,1-2H3,(H,57,61)/b24-23-,27-26-,42-40+,50-48+. The lowest BCUT2D eigenvalue weighted by Gasteiger charge is -2.21. The van der Waals surface area contributed by atoms with Crippen molar-refractivity contribution in [2.45, 2.75) is 295 Å². The number of aliphatic hydroxyl groups excluding tert-OH is 3. The average Bonchev–Trinajstić information content (AvgIpc) is 3.26. The van der Waals surface area contributed by atoms with E-state index in [1.54, 1.807) is 6.08 Å². The minimum Gasteiger partial charge on any atom is -0.394 e. The highest BCUT2D eigenvalue weighted by Gasteiger charge is 2.22. The molecule has 0 rings (SSSR count). The Hall–Kier alpha value is -1.69. The maximum Gasteiger partial charge on any atom is 0.249 e. The molecule has 0 aliphatic carbocycles. The molecule has 0 fully saturated rings. The summed E-state index contributed by atoms with van der Waals surface area (Å²) in [5, 5.41) is 33.1. The largest absolute Gasteiger partial charge is 0.394 e. The van der Waals surface area contributed by atoms with Crippen molar-refractivity contribution < 1.29 is 20.1 Å². The first-order chi connectivity index (χ1) is 30.1. The van der Waals surface area contributed by atoms with Crippen molar-refractivity contribution in [1.82, 2.24) is 5.32 Å². The van der Waals surface area contributed by atoms with Crippen LogP contribution < -0.4 is 5.32 Å². The molecule has 0 aliphatic rings. The highest BCUT2D eigenvalue weighted by atomic mass is 16.3. The molecule has 0 spiro atoms. The van der Waals surface area contributed by atoms with Crippen molar-refractivity contribution in [3.8, 4) is 0 Å². The van der Waals surface area contributed by atoms with E-state index in [0.717, 1.165) is 44.9 Å². The molecule has 0 heterocycles. The van der Waals surface area contributed by atoms with Crippen LogP contribution in [0.5, 0.6) is 0 Å². The molecule has 3 atom stereocenters. The van der Waals surface area contributed by atoms with Gasteiger partial charge in [0.15, 0.2) is 0 Å². The summed E-state index contributed by atoms with van der Waals surface area (Å²) in [6, 6.07) is -0.814. The van der Waals surface area contributed by atoms with Gasteiger partial charge in [-0.05, 0) is 64.2 Å². The Morgan fingerprint density at radius 2 is 0.721 bits per heavy atom. The van der Waals surface area contributed by atoms with E-state index in [2.05, 4.69) is 55.6 Å². The topological polar surface area (TPSA) is 89.8 Å². The van der Waals surface area contributed by atoms with Gasteiger partial charge in [0.1, 0.15) is 6.10 Å². The first-order valence-corrected chi connectivity index (χ1v) is 27.0. The molecule has 1 amide bonds. The number of rotatable bonds is 49. The third kappa shape index (κ3) is 46.1. The predicted octanol–water partition coefficient (Wildman–Crippen LogP) is 16.4. The van der Waals surface area contributed by atoms with E-state index in [9.17, 15) is 20.1 Å². The molecule has 4 N–H and O–H groups in total. The molecule has 5 nitrogen and oxygen atoms in total. The van der Waals surface area contributed by atoms with Crippen molar-refractivity contribution in [2.24, 2.45) is 0 Å². The van der Waals surface area contributed by atoms with Gasteiger partial charge in [0.25, 0.3) is 0 Å². The van der Waals surface area contributed by atoms with Crippen LogP contribution in [0, 0.1) is 0 Å². The summed E-state index contributed by atoms with van der Waals surface area (Å²) in [6.07, 6.45) is 67.8. The summed E-state index contributed by atoms with van der Waals surface area (Å²) in [5.74, 6) is -0.513. The van der Waals surface area contributed by atoms with E-state index in [1.165, 1.54) is 212 Å². The van der Waals surface area contributed by atoms with Gasteiger partial charge in [0, 0.05) is 0 Å². The highest BCUT2D eigenvalue weighted by molar-refractivity contribution is 5.80. The van der Waals surface area contributed by atoms with Crippen LogP contribution in [0.4, 0.5) is 0 Å². The van der Waals surface area contributed by atoms with E-state index >= 15 is 0 Å². The summed E-state index contributed by atoms with van der Waals surface area (Å²) in [5.41, 5.74) is 0. The molecule has 0 saturated carbocycles. The van der Waals surface area contributed by atoms with Gasteiger partial charge >= 0.3 is 0 Å². The maximum absolute atomic E-state index is 12.5. The van der Waals surface area contributed by atoms with Crippen LogP contribution in [0.2, 0.25) is 0 Å². The first kappa shape index (κ1) is 59.3. The van der Waals surface area contributed by atoms with Crippen LogP contribution in [0.15, 0.2) is 48.6 Å². The van der Waals surface area contributed by atoms with Gasteiger partial charge in [0.2, 0.25) is 5.91 Å². The average molecular weight is 856 g/mol. The molecule has 0 aromatic heterocycles. The minimum atomic E-state index is -1.11. The van der Waals surface area contributed by atoms with Crippen molar-refractivity contribution in [1.29, 1.82) is 0 Å². The van der Waals surface area contributed by atoms with Crippen LogP contribution in [-0.4, -0.2) is 46.1 Å². The second kappa shape index (κ2) is 50.9. The van der Waals surface area contributed by atoms with Gasteiger partial charge in [-0.1, -0.05) is 262 Å². The molecule has 5 heteroatoms. The second-order valence-corrected chi connectivity index (χ2v) is 18.4. The summed E-state index contributed by atoms with van der Waals surface area (Å²) in [6.45, 7) is 4.15. The molecule has 3 unspecified atom stereocenters. The van der Waals surface area contributed by atoms with E-state index in [4.69, 9.17) is 0 Å². The monoisotopic (exact) mass is 856 g/mol. The molecular weight excluding hydrogens is 751 g/mol. The van der Waals surface area contributed by atoms with Crippen molar-refractivity contribution >= 4 is 5.91 Å². The molecule has 0 aliphatic heterocycles. The zero-order chi connectivity index (χ0) is 44.4. The highest BCUT2D eigenvalue weighted by Crippen LogP contribution is 2.16. The second-order valence-electron chi connectivity index (χ2n) is 18.4. The molecule has 0 radical (unpaired) electrons. The SMILES string of the molecule is CCCCCCC/C=C/CC/C=C/C(O)C(CO)NC(=O)C(O)CCCCCCCCCCCCCCCCCC/C=C\C/C=C\CCCCCCCCCCCCCCC. The lowest BCUT2D eigenvalue weighted by Crippen LogP contribution is -2.48. The third-order valence-corrected chi connectivity index (χ3v) is 12.4. The Morgan fingerprint density at radius 1 is 0.410 bits per heavy atom. The van der Waals surface area contributed by atoms with Gasteiger partial charge in [-0.25, -0.2) is 0 Å². The smallest absolute Gasteiger partial charge is 0.249 e. The Bertz CT molecular complexity index is 989. The van der Waals surface area contributed by atoms with Crippen molar-refractivity contribution in [2.75, 3.05) is 6.61 Å². The van der Waals surface area contributed by atoms with Gasteiger partial charge in [-0.3, -0.25) is 4.79 Å². The van der Waals surface area contributed by atoms with E-state index in [1.807, 2.05) is 6.08 Å². The summed E-state index contributed by atoms with van der Waals surface area (Å²) >= 11 is 0. The number of unbranched alkanes of at least 4 members (excludes halogenated alkanes) is 35. The fourth-order valence-electron chi connectivity index (χ4n) is 8.17. The van der Waals surface area contributed by atoms with Crippen molar-refractivity contribution in [3.63, 3.8) is 0 Å². The summed E-state index contributed by atoms with van der Waals surface area (Å²) in [7, 11) is 0. The normalized spacial score (nSPS) is 13.7. The van der Waals surface area contributed by atoms with Crippen LogP contribution >= 0.6 is 0 Å². The lowest BCUT2D eigenvalue weighted by molar-refractivity contribution is -0.131. The van der Waals surface area contributed by atoms with Crippen molar-refractivity contribution in [3.05, 3.63) is 48.6 Å². The lowest BCUT2D eigenvalue weighted by atomic mass is 10.0. The van der Waals surface area contributed by atoms with Gasteiger partial charge in [-0.2, -0.15) is 0 Å². The fourth-order valence-corrected chi connectivity index (χ4v) is 8.17. The van der Waals surface area contributed by atoms with E-state index in [0.29, 0.717) is 6.42 Å². The van der Waals surface area contributed by atoms with Gasteiger partial charge in [-0.15, -0.1) is 0 Å². The predicted molar refractivity (Wildman–Crippen MR) is 268 cm³/mol. The first-order valence-electron chi connectivity index (χ1n) is 27.0. The van der Waals surface area contributed by atoms with Gasteiger partial charge in [0.05, 0.1) is 18.8 Å². The molecule has 61 heavy (non-hydrogen) atoms. The number of amides is 1. The van der Waals surface area contributed by atoms with Gasteiger partial charge < -0.3 is 20.6 Å². The van der Waals surface area contributed by atoms with E-state index < -0.39 is 24.2 Å². The Kier molecular flexibility index (Phi) is 49.5. The maximum atomic E-state index is 12.5. The Labute approximate surface area is 380 Å². The van der Waals surface area contributed by atoms with Crippen LogP contribution in [0.25, 0.3) is 0 Å². The molecule has 0 aromatic rings. The number of carbonyl (C=O) groups excluding carboxylic acids is 1.